The van der Waals surface area contributed by atoms with Gasteiger partial charge >= 0.3 is 0 Å². The maximum atomic E-state index is 12.3. The van der Waals surface area contributed by atoms with Crippen molar-refractivity contribution in [3.63, 3.8) is 0 Å². The molecule has 0 spiro atoms. The molecule has 0 saturated carbocycles. The Morgan fingerprint density at radius 3 is 2.65 bits per heavy atom. The Balaban J connectivity index is 1.29. The Morgan fingerprint density at radius 2 is 1.84 bits per heavy atom. The molecule has 0 aliphatic carbocycles. The Bertz CT molecular complexity index is 1190. The summed E-state index contributed by atoms with van der Waals surface area (Å²) in [6.07, 6.45) is 4.06. The van der Waals surface area contributed by atoms with E-state index >= 15 is 0 Å². The second-order valence-electron chi connectivity index (χ2n) is 6.99. The normalized spacial score (nSPS) is 10.7. The molecule has 0 atom stereocenters. The molecule has 0 fully saturated rings. The lowest BCUT2D eigenvalue weighted by Gasteiger charge is -2.08. The molecule has 7 heteroatoms. The first-order valence-corrected chi connectivity index (χ1v) is 10.2. The summed E-state index contributed by atoms with van der Waals surface area (Å²) < 4.78 is 7.75. The van der Waals surface area contributed by atoms with Crippen LogP contribution in [0.15, 0.2) is 79.1 Å². The van der Waals surface area contributed by atoms with E-state index in [4.69, 9.17) is 16.3 Å². The molecular weight excluding hydrogens is 414 g/mol. The minimum absolute atomic E-state index is 0.0911. The Labute approximate surface area is 184 Å². The number of hydrogen-bond donors (Lipinski definition) is 1. The van der Waals surface area contributed by atoms with Crippen LogP contribution in [0.25, 0.3) is 5.65 Å². The molecule has 0 saturated heterocycles. The number of ketones is 1. The number of hydrogen-bond acceptors (Lipinski definition) is 4. The van der Waals surface area contributed by atoms with Crippen molar-refractivity contribution in [1.82, 2.24) is 9.38 Å². The lowest BCUT2D eigenvalue weighted by atomic mass is 10.1. The van der Waals surface area contributed by atoms with E-state index in [1.165, 1.54) is 0 Å². The summed E-state index contributed by atoms with van der Waals surface area (Å²) in [5, 5.41) is 3.37. The van der Waals surface area contributed by atoms with Gasteiger partial charge in [0.1, 0.15) is 18.0 Å². The standard InChI is InChI=1S/C24H20ClN3O3/c25-18-9-7-17(8-10-18)22(29)11-12-24(30)27-19-4-3-5-21(14-19)31-16-20-15-28-13-2-1-6-23(28)26-20/h1-10,13-15H,11-12,16H2,(H,27,30). The molecule has 1 N–H and O–H groups in total. The van der Waals surface area contributed by atoms with Gasteiger partial charge in [-0.05, 0) is 48.5 Å². The molecule has 0 unspecified atom stereocenters. The van der Waals surface area contributed by atoms with E-state index in [0.717, 1.165) is 11.3 Å². The molecule has 6 nitrogen and oxygen atoms in total. The molecule has 156 valence electrons. The molecule has 31 heavy (non-hydrogen) atoms. The lowest BCUT2D eigenvalue weighted by molar-refractivity contribution is -0.116. The van der Waals surface area contributed by atoms with Gasteiger partial charge in [0.2, 0.25) is 5.91 Å². The van der Waals surface area contributed by atoms with Crippen molar-refractivity contribution in [3.8, 4) is 5.75 Å². The average Bonchev–Trinajstić information content (AvgIpc) is 3.20. The number of Topliss-reactive ketones (excluding diaryl/α,β-unsaturated/α-hetero) is 1. The zero-order chi connectivity index (χ0) is 21.6. The van der Waals surface area contributed by atoms with Crippen LogP contribution in [0.1, 0.15) is 28.9 Å². The predicted molar refractivity (Wildman–Crippen MR) is 120 cm³/mol. The van der Waals surface area contributed by atoms with Gasteiger partial charge in [-0.3, -0.25) is 9.59 Å². The summed E-state index contributed by atoms with van der Waals surface area (Å²) in [7, 11) is 0. The van der Waals surface area contributed by atoms with Gasteiger partial charge in [0.15, 0.2) is 5.78 Å². The summed E-state index contributed by atoms with van der Waals surface area (Å²) in [6, 6.07) is 19.6. The van der Waals surface area contributed by atoms with Crippen molar-refractivity contribution in [3.05, 3.63) is 95.4 Å². The number of halogens is 1. The third-order valence-corrected chi connectivity index (χ3v) is 4.92. The van der Waals surface area contributed by atoms with Crippen molar-refractivity contribution in [2.45, 2.75) is 19.4 Å². The summed E-state index contributed by atoms with van der Waals surface area (Å²) in [5.41, 5.74) is 2.81. The van der Waals surface area contributed by atoms with Gasteiger partial charge in [0.25, 0.3) is 0 Å². The number of imidazole rings is 1. The van der Waals surface area contributed by atoms with Crippen LogP contribution in [0.3, 0.4) is 0 Å². The molecular formula is C24H20ClN3O3. The van der Waals surface area contributed by atoms with E-state index in [2.05, 4.69) is 10.3 Å². The largest absolute Gasteiger partial charge is 0.487 e. The highest BCUT2D eigenvalue weighted by molar-refractivity contribution is 6.30. The van der Waals surface area contributed by atoms with Crippen molar-refractivity contribution in [1.29, 1.82) is 0 Å². The van der Waals surface area contributed by atoms with Crippen molar-refractivity contribution in [2.75, 3.05) is 5.32 Å². The maximum absolute atomic E-state index is 12.3. The number of benzene rings is 2. The van der Waals surface area contributed by atoms with Gasteiger partial charge in [0.05, 0.1) is 5.69 Å². The molecule has 0 bridgehead atoms. The van der Waals surface area contributed by atoms with Crippen LogP contribution in [0.2, 0.25) is 5.02 Å². The van der Waals surface area contributed by atoms with E-state index in [9.17, 15) is 9.59 Å². The fourth-order valence-corrected chi connectivity index (χ4v) is 3.23. The highest BCUT2D eigenvalue weighted by Gasteiger charge is 2.10. The van der Waals surface area contributed by atoms with E-state index in [-0.39, 0.29) is 24.5 Å². The lowest BCUT2D eigenvalue weighted by Crippen LogP contribution is -2.13. The number of amides is 1. The van der Waals surface area contributed by atoms with Crippen LogP contribution >= 0.6 is 11.6 Å². The van der Waals surface area contributed by atoms with Crippen molar-refractivity contribution < 1.29 is 14.3 Å². The van der Waals surface area contributed by atoms with E-state index < -0.39 is 0 Å². The minimum atomic E-state index is -0.236. The first-order valence-electron chi connectivity index (χ1n) is 9.81. The highest BCUT2D eigenvalue weighted by Crippen LogP contribution is 2.19. The smallest absolute Gasteiger partial charge is 0.224 e. The summed E-state index contributed by atoms with van der Waals surface area (Å²) >= 11 is 5.83. The number of carbonyl (C=O) groups is 2. The van der Waals surface area contributed by atoms with Gasteiger partial charge in [-0.15, -0.1) is 0 Å². The predicted octanol–water partition coefficient (Wildman–Crippen LogP) is 5.17. The maximum Gasteiger partial charge on any atom is 0.224 e. The van der Waals surface area contributed by atoms with Gasteiger partial charge in [0, 0.05) is 47.6 Å². The molecule has 2 aromatic heterocycles. The van der Waals surface area contributed by atoms with Crippen LogP contribution in [-0.2, 0) is 11.4 Å². The highest BCUT2D eigenvalue weighted by atomic mass is 35.5. The fourth-order valence-electron chi connectivity index (χ4n) is 3.11. The van der Waals surface area contributed by atoms with E-state index in [1.807, 2.05) is 41.1 Å². The quantitative estimate of drug-likeness (QED) is 0.389. The molecule has 1 amide bonds. The molecule has 0 radical (unpaired) electrons. The SMILES string of the molecule is O=C(CCC(=O)c1ccc(Cl)cc1)Nc1cccc(OCc2cn3ccccc3n2)c1. The number of rotatable bonds is 8. The second-order valence-corrected chi connectivity index (χ2v) is 7.43. The van der Waals surface area contributed by atoms with Gasteiger partial charge in [-0.2, -0.15) is 0 Å². The molecule has 4 aromatic rings. The number of ether oxygens (including phenoxy) is 1. The third-order valence-electron chi connectivity index (χ3n) is 4.66. The topological polar surface area (TPSA) is 72.7 Å². The summed E-state index contributed by atoms with van der Waals surface area (Å²) in [4.78, 5) is 29.0. The average molecular weight is 434 g/mol. The molecule has 2 heterocycles. The zero-order valence-corrected chi connectivity index (χ0v) is 17.4. The summed E-state index contributed by atoms with van der Waals surface area (Å²) in [5.74, 6) is 0.281. The fraction of sp³-hybridized carbons (Fsp3) is 0.125. The monoisotopic (exact) mass is 433 g/mol. The van der Waals surface area contributed by atoms with E-state index in [1.54, 1.807) is 42.5 Å². The van der Waals surface area contributed by atoms with Crippen LogP contribution in [-0.4, -0.2) is 21.1 Å². The van der Waals surface area contributed by atoms with E-state index in [0.29, 0.717) is 28.6 Å². The Kier molecular flexibility index (Phi) is 6.29. The molecule has 2 aromatic carbocycles. The molecule has 0 aliphatic heterocycles. The van der Waals surface area contributed by atoms with Crippen LogP contribution in [0, 0.1) is 0 Å². The number of pyridine rings is 1. The summed E-state index contributed by atoms with van der Waals surface area (Å²) in [6.45, 7) is 0.314. The number of nitrogens with one attached hydrogen (secondary N) is 1. The number of fused-ring (bicyclic) bond motifs is 1. The number of carbonyl (C=O) groups excluding carboxylic acids is 2. The third kappa shape index (κ3) is 5.49. The van der Waals surface area contributed by atoms with Crippen LogP contribution in [0.5, 0.6) is 5.75 Å². The molecule has 4 rings (SSSR count). The zero-order valence-electron chi connectivity index (χ0n) is 16.6. The number of anilines is 1. The van der Waals surface area contributed by atoms with Gasteiger partial charge < -0.3 is 14.5 Å². The number of nitrogens with zero attached hydrogens (tertiary/aromatic N) is 2. The van der Waals surface area contributed by atoms with Crippen molar-refractivity contribution >= 4 is 34.6 Å². The van der Waals surface area contributed by atoms with Crippen LogP contribution < -0.4 is 10.1 Å². The first kappa shape index (κ1) is 20.6. The number of aromatic nitrogens is 2. The Morgan fingerprint density at radius 1 is 1.00 bits per heavy atom. The van der Waals surface area contributed by atoms with Crippen LogP contribution in [0.4, 0.5) is 5.69 Å². The van der Waals surface area contributed by atoms with Crippen molar-refractivity contribution in [2.24, 2.45) is 0 Å². The van der Waals surface area contributed by atoms with Gasteiger partial charge in [-0.1, -0.05) is 23.7 Å². The van der Waals surface area contributed by atoms with Gasteiger partial charge in [-0.25, -0.2) is 4.98 Å². The first-order chi connectivity index (χ1) is 15.1. The minimum Gasteiger partial charge on any atom is -0.487 e. The Hall–Kier alpha value is -3.64. The molecule has 0 aliphatic rings. The second kappa shape index (κ2) is 9.45.